The average molecular weight is 228 g/mol. The molecule has 2 atom stereocenters. The summed E-state index contributed by atoms with van der Waals surface area (Å²) in [4.78, 5) is 33.2. The van der Waals surface area contributed by atoms with E-state index in [4.69, 9.17) is 5.73 Å². The first kappa shape index (κ1) is 12.4. The zero-order chi connectivity index (χ0) is 12.1. The molecule has 2 unspecified atom stereocenters. The molecular formula is C9H16N4O3. The highest BCUT2D eigenvalue weighted by atomic mass is 16.2. The van der Waals surface area contributed by atoms with E-state index in [1.165, 1.54) is 0 Å². The van der Waals surface area contributed by atoms with E-state index in [2.05, 4.69) is 10.6 Å². The van der Waals surface area contributed by atoms with Crippen LogP contribution in [0.15, 0.2) is 0 Å². The van der Waals surface area contributed by atoms with Gasteiger partial charge in [0.1, 0.15) is 0 Å². The summed E-state index contributed by atoms with van der Waals surface area (Å²) in [6.45, 7) is 2.24. The summed E-state index contributed by atoms with van der Waals surface area (Å²) in [7, 11) is 0. The molecule has 1 aliphatic rings. The predicted octanol–water partition coefficient (Wildman–Crippen LogP) is -1.56. The lowest BCUT2D eigenvalue weighted by molar-refractivity contribution is -0.126. The minimum atomic E-state index is -0.897. The molecule has 0 aromatic carbocycles. The third-order valence-corrected chi connectivity index (χ3v) is 2.38. The molecule has 7 nitrogen and oxygen atoms in total. The molecule has 0 spiro atoms. The monoisotopic (exact) mass is 228 g/mol. The lowest BCUT2D eigenvalue weighted by atomic mass is 10.1. The standard InChI is InChI=1S/C9H16N4O3/c1-5(7(14)13-9(10)16)12-6-3-2-4-11-8(6)15/h5-6,12H,2-4H2,1H3,(H,11,15)(H3,10,13,14,16). The molecule has 1 fully saturated rings. The number of piperidine rings is 1. The minimum absolute atomic E-state index is 0.120. The molecule has 16 heavy (non-hydrogen) atoms. The van der Waals surface area contributed by atoms with Crippen LogP contribution in [0.2, 0.25) is 0 Å². The van der Waals surface area contributed by atoms with E-state index in [0.717, 1.165) is 6.42 Å². The molecule has 90 valence electrons. The molecule has 0 saturated carbocycles. The van der Waals surface area contributed by atoms with Gasteiger partial charge in [-0.25, -0.2) is 4.79 Å². The molecule has 1 rings (SSSR count). The van der Waals surface area contributed by atoms with Crippen molar-refractivity contribution in [2.24, 2.45) is 5.73 Å². The second kappa shape index (κ2) is 5.45. The van der Waals surface area contributed by atoms with Crippen LogP contribution in [-0.2, 0) is 9.59 Å². The van der Waals surface area contributed by atoms with E-state index < -0.39 is 18.0 Å². The van der Waals surface area contributed by atoms with Crippen molar-refractivity contribution >= 4 is 17.8 Å². The van der Waals surface area contributed by atoms with Gasteiger partial charge in [-0.3, -0.25) is 20.2 Å². The SMILES string of the molecule is CC(NC1CCCNC1=O)C(=O)NC(N)=O. The number of hydrogen-bond donors (Lipinski definition) is 4. The van der Waals surface area contributed by atoms with Gasteiger partial charge in [0.15, 0.2) is 0 Å². The van der Waals surface area contributed by atoms with Gasteiger partial charge in [-0.2, -0.15) is 0 Å². The van der Waals surface area contributed by atoms with Crippen molar-refractivity contribution in [1.82, 2.24) is 16.0 Å². The molecule has 1 heterocycles. The van der Waals surface area contributed by atoms with Crippen LogP contribution in [0.1, 0.15) is 19.8 Å². The molecule has 1 saturated heterocycles. The Kier molecular flexibility index (Phi) is 4.24. The molecule has 7 heteroatoms. The van der Waals surface area contributed by atoms with E-state index in [1.54, 1.807) is 6.92 Å². The number of nitrogens with one attached hydrogen (secondary N) is 3. The fourth-order valence-electron chi connectivity index (χ4n) is 1.54. The second-order valence-electron chi connectivity index (χ2n) is 3.73. The third kappa shape index (κ3) is 3.50. The van der Waals surface area contributed by atoms with Gasteiger partial charge < -0.3 is 11.1 Å². The lowest BCUT2D eigenvalue weighted by Gasteiger charge is -2.25. The van der Waals surface area contributed by atoms with Crippen LogP contribution < -0.4 is 21.7 Å². The number of carbonyl (C=O) groups excluding carboxylic acids is 3. The molecule has 5 N–H and O–H groups in total. The minimum Gasteiger partial charge on any atom is -0.355 e. The molecule has 0 aromatic heterocycles. The maximum absolute atomic E-state index is 11.4. The van der Waals surface area contributed by atoms with E-state index in [0.29, 0.717) is 13.0 Å². The fourth-order valence-corrected chi connectivity index (χ4v) is 1.54. The Hall–Kier alpha value is -1.63. The Balaban J connectivity index is 2.43. The summed E-state index contributed by atoms with van der Waals surface area (Å²) in [6.07, 6.45) is 1.55. The Morgan fingerprint density at radius 2 is 2.25 bits per heavy atom. The Bertz CT molecular complexity index is 305. The Labute approximate surface area is 93.1 Å². The zero-order valence-electron chi connectivity index (χ0n) is 9.08. The topological polar surface area (TPSA) is 113 Å². The fraction of sp³-hybridized carbons (Fsp3) is 0.667. The quantitative estimate of drug-likeness (QED) is 0.467. The number of imide groups is 1. The summed E-state index contributed by atoms with van der Waals surface area (Å²) in [5.41, 5.74) is 4.81. The maximum Gasteiger partial charge on any atom is 0.318 e. The van der Waals surface area contributed by atoms with Gasteiger partial charge in [0.2, 0.25) is 11.8 Å². The smallest absolute Gasteiger partial charge is 0.318 e. The lowest BCUT2D eigenvalue weighted by Crippen LogP contribution is -2.55. The summed E-state index contributed by atoms with van der Waals surface area (Å²) >= 11 is 0. The van der Waals surface area contributed by atoms with Crippen molar-refractivity contribution in [3.63, 3.8) is 0 Å². The van der Waals surface area contributed by atoms with Crippen LogP contribution in [0.5, 0.6) is 0 Å². The second-order valence-corrected chi connectivity index (χ2v) is 3.73. The van der Waals surface area contributed by atoms with Gasteiger partial charge in [0.25, 0.3) is 0 Å². The number of hydrogen-bond acceptors (Lipinski definition) is 4. The van der Waals surface area contributed by atoms with Gasteiger partial charge in [-0.1, -0.05) is 0 Å². The van der Waals surface area contributed by atoms with Gasteiger partial charge in [-0.05, 0) is 19.8 Å². The van der Waals surface area contributed by atoms with Crippen LogP contribution in [0.4, 0.5) is 4.79 Å². The van der Waals surface area contributed by atoms with Crippen molar-refractivity contribution in [3.8, 4) is 0 Å². The van der Waals surface area contributed by atoms with Gasteiger partial charge >= 0.3 is 6.03 Å². The molecular weight excluding hydrogens is 212 g/mol. The summed E-state index contributed by atoms with van der Waals surface area (Å²) in [5, 5.41) is 7.49. The predicted molar refractivity (Wildman–Crippen MR) is 56.4 cm³/mol. The number of nitrogens with two attached hydrogens (primary N) is 1. The maximum atomic E-state index is 11.4. The van der Waals surface area contributed by atoms with E-state index in [9.17, 15) is 14.4 Å². The van der Waals surface area contributed by atoms with Crippen LogP contribution in [0, 0.1) is 0 Å². The van der Waals surface area contributed by atoms with Gasteiger partial charge in [0.05, 0.1) is 12.1 Å². The van der Waals surface area contributed by atoms with Crippen molar-refractivity contribution in [3.05, 3.63) is 0 Å². The third-order valence-electron chi connectivity index (χ3n) is 2.38. The number of carbonyl (C=O) groups is 3. The summed E-state index contributed by atoms with van der Waals surface area (Å²) in [5.74, 6) is -0.657. The van der Waals surface area contributed by atoms with Crippen molar-refractivity contribution in [2.75, 3.05) is 6.54 Å². The molecule has 1 aliphatic heterocycles. The molecule has 4 amide bonds. The average Bonchev–Trinajstić information content (AvgIpc) is 2.20. The number of amides is 4. The highest BCUT2D eigenvalue weighted by molar-refractivity contribution is 5.96. The molecule has 0 radical (unpaired) electrons. The molecule has 0 aromatic rings. The molecule has 0 bridgehead atoms. The normalized spacial score (nSPS) is 22.1. The van der Waals surface area contributed by atoms with Crippen LogP contribution in [0.3, 0.4) is 0 Å². The highest BCUT2D eigenvalue weighted by Crippen LogP contribution is 2.03. The number of primary amides is 1. The molecule has 0 aliphatic carbocycles. The first-order valence-electron chi connectivity index (χ1n) is 5.14. The summed E-state index contributed by atoms with van der Waals surface area (Å²) < 4.78 is 0. The van der Waals surface area contributed by atoms with E-state index in [1.807, 2.05) is 5.32 Å². The van der Waals surface area contributed by atoms with Crippen molar-refractivity contribution in [1.29, 1.82) is 0 Å². The van der Waals surface area contributed by atoms with Crippen LogP contribution in [0.25, 0.3) is 0 Å². The largest absolute Gasteiger partial charge is 0.355 e. The zero-order valence-corrected chi connectivity index (χ0v) is 9.08. The van der Waals surface area contributed by atoms with Gasteiger partial charge in [0, 0.05) is 6.54 Å². The van der Waals surface area contributed by atoms with E-state index in [-0.39, 0.29) is 11.9 Å². The first-order valence-corrected chi connectivity index (χ1v) is 5.14. The number of urea groups is 1. The van der Waals surface area contributed by atoms with Crippen LogP contribution >= 0.6 is 0 Å². The Morgan fingerprint density at radius 1 is 1.56 bits per heavy atom. The number of rotatable bonds is 3. The van der Waals surface area contributed by atoms with Crippen molar-refractivity contribution < 1.29 is 14.4 Å². The Morgan fingerprint density at radius 3 is 2.81 bits per heavy atom. The highest BCUT2D eigenvalue weighted by Gasteiger charge is 2.25. The van der Waals surface area contributed by atoms with E-state index >= 15 is 0 Å². The van der Waals surface area contributed by atoms with Crippen molar-refractivity contribution in [2.45, 2.75) is 31.8 Å². The van der Waals surface area contributed by atoms with Crippen LogP contribution in [-0.4, -0.2) is 36.5 Å². The first-order chi connectivity index (χ1) is 7.50. The summed E-state index contributed by atoms with van der Waals surface area (Å²) in [6, 6.07) is -1.92. The van der Waals surface area contributed by atoms with Gasteiger partial charge in [-0.15, -0.1) is 0 Å².